The number of nitrogens with zero attached hydrogens (tertiary/aromatic N) is 2. The Kier molecular flexibility index (Phi) is 3.37. The van der Waals surface area contributed by atoms with Crippen molar-refractivity contribution in [3.05, 3.63) is 23.3 Å². The smallest absolute Gasteiger partial charge is 0.0644 e. The fourth-order valence-electron chi connectivity index (χ4n) is 1.15. The standard InChI is InChI=1S/C10H16N2O/c1-4-9(13)5-10-8(3)11-6-7(2)12-10/h6,9,13H,4-5H2,1-3H3. The lowest BCUT2D eigenvalue weighted by atomic mass is 10.1. The topological polar surface area (TPSA) is 46.0 Å². The first-order valence-electron chi connectivity index (χ1n) is 4.60. The third-order valence-corrected chi connectivity index (χ3v) is 2.07. The van der Waals surface area contributed by atoms with Crippen LogP contribution in [0.15, 0.2) is 6.20 Å². The number of hydrogen-bond donors (Lipinski definition) is 1. The molecule has 0 bridgehead atoms. The van der Waals surface area contributed by atoms with Crippen molar-refractivity contribution in [2.75, 3.05) is 0 Å². The second-order valence-electron chi connectivity index (χ2n) is 3.31. The quantitative estimate of drug-likeness (QED) is 0.765. The zero-order chi connectivity index (χ0) is 9.84. The molecule has 0 aliphatic rings. The van der Waals surface area contributed by atoms with Crippen LogP contribution in [0.25, 0.3) is 0 Å². The van der Waals surface area contributed by atoms with Gasteiger partial charge in [0.15, 0.2) is 0 Å². The number of rotatable bonds is 3. The molecule has 13 heavy (non-hydrogen) atoms. The van der Waals surface area contributed by atoms with Gasteiger partial charge in [-0.1, -0.05) is 6.92 Å². The number of hydrogen-bond acceptors (Lipinski definition) is 3. The fraction of sp³-hybridized carbons (Fsp3) is 0.600. The molecule has 1 atom stereocenters. The maximum atomic E-state index is 9.46. The van der Waals surface area contributed by atoms with Crippen LogP contribution in [0.4, 0.5) is 0 Å². The van der Waals surface area contributed by atoms with Crippen LogP contribution >= 0.6 is 0 Å². The van der Waals surface area contributed by atoms with E-state index in [1.54, 1.807) is 6.20 Å². The fourth-order valence-corrected chi connectivity index (χ4v) is 1.15. The molecule has 0 saturated carbocycles. The average Bonchev–Trinajstić information content (AvgIpc) is 2.11. The normalized spacial score (nSPS) is 12.9. The summed E-state index contributed by atoms with van der Waals surface area (Å²) in [6, 6.07) is 0. The second-order valence-corrected chi connectivity index (χ2v) is 3.31. The molecule has 1 aromatic rings. The number of aliphatic hydroxyl groups is 1. The van der Waals surface area contributed by atoms with Gasteiger partial charge in [0, 0.05) is 12.6 Å². The summed E-state index contributed by atoms with van der Waals surface area (Å²) < 4.78 is 0. The molecule has 1 heterocycles. The summed E-state index contributed by atoms with van der Waals surface area (Å²) in [5, 5.41) is 9.46. The van der Waals surface area contributed by atoms with Crippen LogP contribution in [0, 0.1) is 13.8 Å². The maximum Gasteiger partial charge on any atom is 0.0644 e. The molecular formula is C10H16N2O. The largest absolute Gasteiger partial charge is 0.393 e. The number of aromatic nitrogens is 2. The van der Waals surface area contributed by atoms with Crippen molar-refractivity contribution in [1.82, 2.24) is 9.97 Å². The van der Waals surface area contributed by atoms with Gasteiger partial charge in [0.25, 0.3) is 0 Å². The van der Waals surface area contributed by atoms with Crippen LogP contribution in [0.5, 0.6) is 0 Å². The van der Waals surface area contributed by atoms with Crippen molar-refractivity contribution in [2.24, 2.45) is 0 Å². The molecule has 0 aromatic carbocycles. The van der Waals surface area contributed by atoms with Crippen LogP contribution in [0.3, 0.4) is 0 Å². The van der Waals surface area contributed by atoms with Gasteiger partial charge < -0.3 is 5.11 Å². The summed E-state index contributed by atoms with van der Waals surface area (Å²) in [5.74, 6) is 0. The first kappa shape index (κ1) is 10.1. The minimum atomic E-state index is -0.296. The van der Waals surface area contributed by atoms with Crippen LogP contribution in [0.2, 0.25) is 0 Å². The lowest BCUT2D eigenvalue weighted by Crippen LogP contribution is -2.12. The molecule has 1 rings (SSSR count). The summed E-state index contributed by atoms with van der Waals surface area (Å²) in [5.41, 5.74) is 2.73. The van der Waals surface area contributed by atoms with E-state index in [0.29, 0.717) is 6.42 Å². The zero-order valence-electron chi connectivity index (χ0n) is 8.41. The molecule has 1 aromatic heterocycles. The molecule has 0 radical (unpaired) electrons. The predicted molar refractivity (Wildman–Crippen MR) is 51.5 cm³/mol. The van der Waals surface area contributed by atoms with Gasteiger partial charge in [0.2, 0.25) is 0 Å². The van der Waals surface area contributed by atoms with E-state index in [2.05, 4.69) is 9.97 Å². The van der Waals surface area contributed by atoms with Crippen LogP contribution in [0.1, 0.15) is 30.4 Å². The van der Waals surface area contributed by atoms with E-state index in [1.165, 1.54) is 0 Å². The van der Waals surface area contributed by atoms with Crippen molar-refractivity contribution in [3.8, 4) is 0 Å². The van der Waals surface area contributed by atoms with Gasteiger partial charge in [-0.3, -0.25) is 9.97 Å². The Balaban J connectivity index is 2.81. The van der Waals surface area contributed by atoms with Crippen LogP contribution in [-0.4, -0.2) is 21.2 Å². The number of aryl methyl sites for hydroxylation is 2. The summed E-state index contributed by atoms with van der Waals surface area (Å²) in [6.07, 6.45) is 2.82. The highest BCUT2D eigenvalue weighted by molar-refractivity contribution is 5.12. The summed E-state index contributed by atoms with van der Waals surface area (Å²) in [4.78, 5) is 8.53. The van der Waals surface area contributed by atoms with Gasteiger partial charge in [-0.25, -0.2) is 0 Å². The minimum absolute atomic E-state index is 0.296. The Morgan fingerprint density at radius 2 is 2.15 bits per heavy atom. The van der Waals surface area contributed by atoms with E-state index in [4.69, 9.17) is 0 Å². The van der Waals surface area contributed by atoms with Crippen molar-refractivity contribution < 1.29 is 5.11 Å². The predicted octanol–water partition coefficient (Wildman–Crippen LogP) is 1.41. The van der Waals surface area contributed by atoms with Gasteiger partial charge in [0.1, 0.15) is 0 Å². The zero-order valence-corrected chi connectivity index (χ0v) is 8.41. The Morgan fingerprint density at radius 3 is 2.77 bits per heavy atom. The molecule has 3 heteroatoms. The Bertz CT molecular complexity index is 286. The number of aliphatic hydroxyl groups excluding tert-OH is 1. The second kappa shape index (κ2) is 4.33. The Hall–Kier alpha value is -0.960. The highest BCUT2D eigenvalue weighted by Crippen LogP contribution is 2.07. The monoisotopic (exact) mass is 180 g/mol. The Labute approximate surface area is 78.9 Å². The van der Waals surface area contributed by atoms with Crippen molar-refractivity contribution in [2.45, 2.75) is 39.7 Å². The minimum Gasteiger partial charge on any atom is -0.393 e. The molecule has 72 valence electrons. The SMILES string of the molecule is CCC(O)Cc1nc(C)cnc1C. The summed E-state index contributed by atoms with van der Waals surface area (Å²) in [7, 11) is 0. The molecule has 0 amide bonds. The lowest BCUT2D eigenvalue weighted by Gasteiger charge is -2.09. The van der Waals surface area contributed by atoms with E-state index in [0.717, 1.165) is 23.5 Å². The van der Waals surface area contributed by atoms with Gasteiger partial charge in [0.05, 0.1) is 23.2 Å². The lowest BCUT2D eigenvalue weighted by molar-refractivity contribution is 0.169. The molecular weight excluding hydrogens is 164 g/mol. The highest BCUT2D eigenvalue weighted by Gasteiger charge is 2.07. The molecule has 0 saturated heterocycles. The maximum absolute atomic E-state index is 9.46. The van der Waals surface area contributed by atoms with E-state index >= 15 is 0 Å². The van der Waals surface area contributed by atoms with Gasteiger partial charge in [-0.05, 0) is 20.3 Å². The van der Waals surface area contributed by atoms with Crippen LogP contribution in [-0.2, 0) is 6.42 Å². The molecule has 0 fully saturated rings. The molecule has 3 nitrogen and oxygen atoms in total. The van der Waals surface area contributed by atoms with E-state index < -0.39 is 0 Å². The van der Waals surface area contributed by atoms with E-state index in [1.807, 2.05) is 20.8 Å². The average molecular weight is 180 g/mol. The molecule has 0 spiro atoms. The molecule has 0 aliphatic carbocycles. The van der Waals surface area contributed by atoms with E-state index in [9.17, 15) is 5.11 Å². The van der Waals surface area contributed by atoms with Gasteiger partial charge >= 0.3 is 0 Å². The van der Waals surface area contributed by atoms with E-state index in [-0.39, 0.29) is 6.10 Å². The third-order valence-electron chi connectivity index (χ3n) is 2.07. The van der Waals surface area contributed by atoms with Crippen molar-refractivity contribution in [3.63, 3.8) is 0 Å². The summed E-state index contributed by atoms with van der Waals surface area (Å²) in [6.45, 7) is 5.79. The molecule has 0 aliphatic heterocycles. The van der Waals surface area contributed by atoms with Crippen molar-refractivity contribution in [1.29, 1.82) is 0 Å². The molecule has 1 unspecified atom stereocenters. The van der Waals surface area contributed by atoms with Gasteiger partial charge in [-0.15, -0.1) is 0 Å². The van der Waals surface area contributed by atoms with Crippen LogP contribution < -0.4 is 0 Å². The Morgan fingerprint density at radius 1 is 1.46 bits per heavy atom. The third kappa shape index (κ3) is 2.77. The van der Waals surface area contributed by atoms with Gasteiger partial charge in [-0.2, -0.15) is 0 Å². The summed E-state index contributed by atoms with van der Waals surface area (Å²) >= 11 is 0. The van der Waals surface area contributed by atoms with Crippen molar-refractivity contribution >= 4 is 0 Å². The first-order chi connectivity index (χ1) is 6.13. The first-order valence-corrected chi connectivity index (χ1v) is 4.60. The highest BCUT2D eigenvalue weighted by atomic mass is 16.3. The molecule has 1 N–H and O–H groups in total.